The lowest BCUT2D eigenvalue weighted by atomic mass is 9.87. The Labute approximate surface area is 130 Å². The molecule has 2 rings (SSSR count). The van der Waals surface area contributed by atoms with Crippen LogP contribution in [0, 0.1) is 19.3 Å². The van der Waals surface area contributed by atoms with Gasteiger partial charge >= 0.3 is 0 Å². The van der Waals surface area contributed by atoms with E-state index in [1.54, 1.807) is 0 Å². The lowest BCUT2D eigenvalue weighted by Gasteiger charge is -2.26. The largest absolute Gasteiger partial charge is 0.396 e. The average molecular weight is 309 g/mol. The van der Waals surface area contributed by atoms with Gasteiger partial charge in [0.1, 0.15) is 10.9 Å². The Kier molecular flexibility index (Phi) is 5.22. The smallest absolute Gasteiger partial charge is 0.255 e. The number of carbonyl (C=O) groups excluding carboxylic acids is 1. The molecule has 0 aliphatic heterocycles. The highest BCUT2D eigenvalue weighted by Gasteiger charge is 2.33. The molecular formula is C15H23N3O2S. The number of hydrogen-bond acceptors (Lipinski definition) is 5. The Morgan fingerprint density at radius 2 is 2.00 bits per heavy atom. The Morgan fingerprint density at radius 3 is 2.57 bits per heavy atom. The molecule has 21 heavy (non-hydrogen) atoms. The zero-order valence-electron chi connectivity index (χ0n) is 12.9. The highest BCUT2D eigenvalue weighted by molar-refractivity contribution is 7.98. The van der Waals surface area contributed by atoms with Crippen LogP contribution < -0.4 is 5.32 Å². The minimum absolute atomic E-state index is 0.131. The molecular weight excluding hydrogens is 286 g/mol. The molecule has 1 fully saturated rings. The molecule has 1 aliphatic rings. The van der Waals surface area contributed by atoms with Crippen molar-refractivity contribution in [1.29, 1.82) is 0 Å². The molecule has 1 aliphatic carbocycles. The third kappa shape index (κ3) is 3.55. The molecule has 1 saturated carbocycles. The second-order valence-electron chi connectivity index (χ2n) is 5.79. The zero-order valence-corrected chi connectivity index (χ0v) is 13.7. The third-order valence-corrected chi connectivity index (χ3v) is 4.89. The summed E-state index contributed by atoms with van der Waals surface area (Å²) in [7, 11) is 0. The predicted octanol–water partition coefficient (Wildman–Crippen LogP) is 2.10. The summed E-state index contributed by atoms with van der Waals surface area (Å²) in [4.78, 5) is 21.1. The summed E-state index contributed by atoms with van der Waals surface area (Å²) in [6.45, 7) is 4.31. The summed E-state index contributed by atoms with van der Waals surface area (Å²) in [5, 5.41) is 13.3. The Bertz CT molecular complexity index is 528. The fourth-order valence-electron chi connectivity index (χ4n) is 2.96. The normalized spacial score (nSPS) is 17.0. The topological polar surface area (TPSA) is 75.1 Å². The molecule has 1 heterocycles. The van der Waals surface area contributed by atoms with Crippen molar-refractivity contribution in [3.05, 3.63) is 17.1 Å². The van der Waals surface area contributed by atoms with Gasteiger partial charge in [-0.2, -0.15) is 0 Å². The molecule has 0 aromatic carbocycles. The van der Waals surface area contributed by atoms with Gasteiger partial charge in [-0.1, -0.05) is 12.8 Å². The molecule has 6 heteroatoms. The first-order valence-electron chi connectivity index (χ1n) is 7.29. The zero-order chi connectivity index (χ0) is 15.5. The van der Waals surface area contributed by atoms with E-state index in [1.807, 2.05) is 20.1 Å². The molecule has 0 saturated heterocycles. The first-order chi connectivity index (χ1) is 10.0. The molecule has 0 unspecified atom stereocenters. The van der Waals surface area contributed by atoms with E-state index in [2.05, 4.69) is 15.3 Å². The summed E-state index contributed by atoms with van der Waals surface area (Å²) in [6.07, 6.45) is 6.10. The Balaban J connectivity index is 2.14. The standard InChI is InChI=1S/C15H23N3O2S/c1-10-12(14(21-3)18-11(2)17-10)13(20)16-8-15(9-19)6-4-5-7-15/h19H,4-9H2,1-3H3,(H,16,20). The van der Waals surface area contributed by atoms with Gasteiger partial charge in [0.2, 0.25) is 0 Å². The SMILES string of the molecule is CSc1nc(C)nc(C)c1C(=O)NCC1(CO)CCCC1. The highest BCUT2D eigenvalue weighted by atomic mass is 32.2. The summed E-state index contributed by atoms with van der Waals surface area (Å²) in [5.74, 6) is 0.535. The highest BCUT2D eigenvalue weighted by Crippen LogP contribution is 2.37. The number of rotatable bonds is 5. The number of amides is 1. The number of aryl methyl sites for hydroxylation is 2. The number of nitrogens with one attached hydrogen (secondary N) is 1. The second kappa shape index (κ2) is 6.75. The van der Waals surface area contributed by atoms with Crippen molar-refractivity contribution in [2.75, 3.05) is 19.4 Å². The van der Waals surface area contributed by atoms with E-state index in [9.17, 15) is 9.90 Å². The molecule has 116 valence electrons. The lowest BCUT2D eigenvalue weighted by molar-refractivity contribution is 0.0876. The molecule has 0 bridgehead atoms. The molecule has 0 spiro atoms. The van der Waals surface area contributed by atoms with Gasteiger partial charge in [0.05, 0.1) is 17.9 Å². The Hall–Kier alpha value is -1.14. The van der Waals surface area contributed by atoms with Crippen LogP contribution in [0.2, 0.25) is 0 Å². The van der Waals surface area contributed by atoms with Gasteiger partial charge in [0, 0.05) is 12.0 Å². The number of carbonyl (C=O) groups is 1. The number of aliphatic hydroxyl groups excluding tert-OH is 1. The second-order valence-corrected chi connectivity index (χ2v) is 6.58. The quantitative estimate of drug-likeness (QED) is 0.643. The van der Waals surface area contributed by atoms with Gasteiger partial charge in [-0.25, -0.2) is 9.97 Å². The van der Waals surface area contributed by atoms with Crippen LogP contribution in [-0.2, 0) is 0 Å². The third-order valence-electron chi connectivity index (χ3n) is 4.21. The van der Waals surface area contributed by atoms with E-state index < -0.39 is 0 Å². The maximum absolute atomic E-state index is 12.5. The first kappa shape index (κ1) is 16.2. The Morgan fingerprint density at radius 1 is 1.33 bits per heavy atom. The number of aromatic nitrogens is 2. The van der Waals surface area contributed by atoms with E-state index in [4.69, 9.17) is 0 Å². The van der Waals surface area contributed by atoms with Crippen LogP contribution >= 0.6 is 11.8 Å². The van der Waals surface area contributed by atoms with Crippen LogP contribution in [0.1, 0.15) is 47.6 Å². The van der Waals surface area contributed by atoms with Crippen molar-refractivity contribution >= 4 is 17.7 Å². The summed E-state index contributed by atoms with van der Waals surface area (Å²) in [5.41, 5.74) is 1.11. The number of aliphatic hydroxyl groups is 1. The molecule has 5 nitrogen and oxygen atoms in total. The van der Waals surface area contributed by atoms with Crippen molar-refractivity contribution in [3.8, 4) is 0 Å². The number of thioether (sulfide) groups is 1. The molecule has 1 aromatic heterocycles. The maximum atomic E-state index is 12.5. The van der Waals surface area contributed by atoms with Crippen molar-refractivity contribution in [2.24, 2.45) is 5.41 Å². The molecule has 1 aromatic rings. The van der Waals surface area contributed by atoms with Crippen LogP contribution in [0.25, 0.3) is 0 Å². The van der Waals surface area contributed by atoms with Gasteiger partial charge in [-0.3, -0.25) is 4.79 Å². The molecule has 1 amide bonds. The van der Waals surface area contributed by atoms with Crippen LogP contribution in [0.15, 0.2) is 5.03 Å². The number of nitrogens with zero attached hydrogens (tertiary/aromatic N) is 2. The van der Waals surface area contributed by atoms with E-state index in [0.29, 0.717) is 28.7 Å². The van der Waals surface area contributed by atoms with E-state index in [0.717, 1.165) is 25.7 Å². The van der Waals surface area contributed by atoms with Crippen LogP contribution in [0.3, 0.4) is 0 Å². The minimum atomic E-state index is -0.144. The van der Waals surface area contributed by atoms with Gasteiger partial charge in [0.25, 0.3) is 5.91 Å². The minimum Gasteiger partial charge on any atom is -0.396 e. The van der Waals surface area contributed by atoms with Gasteiger partial charge in [0.15, 0.2) is 0 Å². The maximum Gasteiger partial charge on any atom is 0.255 e. The van der Waals surface area contributed by atoms with E-state index in [1.165, 1.54) is 11.8 Å². The van der Waals surface area contributed by atoms with Crippen molar-refractivity contribution < 1.29 is 9.90 Å². The van der Waals surface area contributed by atoms with Crippen LogP contribution in [0.4, 0.5) is 0 Å². The van der Waals surface area contributed by atoms with Crippen molar-refractivity contribution in [2.45, 2.75) is 44.6 Å². The van der Waals surface area contributed by atoms with Gasteiger partial charge in [-0.15, -0.1) is 11.8 Å². The fraction of sp³-hybridized carbons (Fsp3) is 0.667. The van der Waals surface area contributed by atoms with E-state index in [-0.39, 0.29) is 17.9 Å². The predicted molar refractivity (Wildman–Crippen MR) is 83.6 cm³/mol. The van der Waals surface area contributed by atoms with Gasteiger partial charge in [-0.05, 0) is 32.9 Å². The van der Waals surface area contributed by atoms with Crippen LogP contribution in [0.5, 0.6) is 0 Å². The van der Waals surface area contributed by atoms with E-state index >= 15 is 0 Å². The summed E-state index contributed by atoms with van der Waals surface area (Å²) >= 11 is 1.45. The molecule has 2 N–H and O–H groups in total. The number of hydrogen-bond donors (Lipinski definition) is 2. The molecule has 0 atom stereocenters. The first-order valence-corrected chi connectivity index (χ1v) is 8.52. The summed E-state index contributed by atoms with van der Waals surface area (Å²) in [6, 6.07) is 0. The average Bonchev–Trinajstić information content (AvgIpc) is 2.93. The summed E-state index contributed by atoms with van der Waals surface area (Å²) < 4.78 is 0. The fourth-order valence-corrected chi connectivity index (χ4v) is 3.63. The van der Waals surface area contributed by atoms with Crippen molar-refractivity contribution in [3.63, 3.8) is 0 Å². The van der Waals surface area contributed by atoms with Crippen molar-refractivity contribution in [1.82, 2.24) is 15.3 Å². The lowest BCUT2D eigenvalue weighted by Crippen LogP contribution is -2.38. The van der Waals surface area contributed by atoms with Crippen LogP contribution in [-0.4, -0.2) is 40.4 Å². The molecule has 0 radical (unpaired) electrons. The van der Waals surface area contributed by atoms with Gasteiger partial charge < -0.3 is 10.4 Å². The monoisotopic (exact) mass is 309 g/mol.